The van der Waals surface area contributed by atoms with Gasteiger partial charge >= 0.3 is 19.8 Å². The van der Waals surface area contributed by atoms with Crippen LogP contribution in [0.4, 0.5) is 0 Å². The van der Waals surface area contributed by atoms with Crippen molar-refractivity contribution in [3.8, 4) is 0 Å². The molecule has 2 N–H and O–H groups in total. The zero-order valence-electron chi connectivity index (χ0n) is 15.3. The van der Waals surface area contributed by atoms with E-state index in [1.165, 1.54) is 0 Å². The zero-order chi connectivity index (χ0) is 20.2. The molecule has 8 nitrogen and oxygen atoms in total. The lowest BCUT2D eigenvalue weighted by Crippen LogP contribution is -2.17. The van der Waals surface area contributed by atoms with E-state index in [2.05, 4.69) is 13.2 Å². The first kappa shape index (κ1) is 24.5. The quantitative estimate of drug-likeness (QED) is 0.263. The van der Waals surface area contributed by atoms with Crippen molar-refractivity contribution in [2.24, 2.45) is 0 Å². The van der Waals surface area contributed by atoms with Crippen LogP contribution >= 0.6 is 7.82 Å². The van der Waals surface area contributed by atoms with Crippen molar-refractivity contribution in [3.63, 3.8) is 0 Å². The highest BCUT2D eigenvalue weighted by atomic mass is 31.2. The molecule has 0 aromatic carbocycles. The first-order valence-electron chi connectivity index (χ1n) is 8.47. The Hall–Kier alpha value is -1.47. The summed E-state index contributed by atoms with van der Waals surface area (Å²) in [7, 11) is -4.60. The summed E-state index contributed by atoms with van der Waals surface area (Å²) < 4.78 is 26.0. The van der Waals surface area contributed by atoms with Crippen LogP contribution in [-0.2, 0) is 28.2 Å². The first-order valence-corrected chi connectivity index (χ1v) is 10.0. The second-order valence-corrected chi connectivity index (χ2v) is 7.18. The van der Waals surface area contributed by atoms with Crippen molar-refractivity contribution in [2.75, 3.05) is 0 Å². The van der Waals surface area contributed by atoms with E-state index in [1.54, 1.807) is 13.8 Å². The highest BCUT2D eigenvalue weighted by molar-refractivity contribution is 7.46. The molecule has 2 atom stereocenters. The molecule has 0 aliphatic heterocycles. The predicted octanol–water partition coefficient (Wildman–Crippen LogP) is 3.04. The maximum absolute atomic E-state index is 11.1. The average molecular weight is 392 g/mol. The Morgan fingerprint density at radius 3 is 1.62 bits per heavy atom. The third kappa shape index (κ3) is 13.8. The molecule has 0 aromatic heterocycles. The third-order valence-corrected chi connectivity index (χ3v) is 4.10. The Balaban J connectivity index is 4.33. The van der Waals surface area contributed by atoms with Gasteiger partial charge in [0.15, 0.2) is 0 Å². The van der Waals surface area contributed by atoms with Gasteiger partial charge in [0.1, 0.15) is 0 Å². The standard InChI is InChI=1S/C17H29O8P/c1-5-16(18)23-13(3)9-7-11-15(25-26(20,21)22)12-8-10-14(4)24-17(19)6-2/h5-6,13-15H,1-2,7-12H2,3-4H3,(H2,20,21,22). The van der Waals surface area contributed by atoms with Gasteiger partial charge in [0, 0.05) is 12.2 Å². The lowest BCUT2D eigenvalue weighted by Gasteiger charge is -2.20. The van der Waals surface area contributed by atoms with Gasteiger partial charge in [0.05, 0.1) is 18.3 Å². The zero-order valence-corrected chi connectivity index (χ0v) is 16.2. The molecule has 0 radical (unpaired) electrons. The largest absolute Gasteiger partial charge is 0.469 e. The van der Waals surface area contributed by atoms with Crippen molar-refractivity contribution in [2.45, 2.75) is 70.7 Å². The summed E-state index contributed by atoms with van der Waals surface area (Å²) in [5.74, 6) is -1.02. The Morgan fingerprint density at radius 2 is 1.31 bits per heavy atom. The molecular weight excluding hydrogens is 363 g/mol. The summed E-state index contributed by atoms with van der Waals surface area (Å²) in [5, 5.41) is 0. The van der Waals surface area contributed by atoms with Crippen LogP contribution in [0.2, 0.25) is 0 Å². The molecule has 2 unspecified atom stereocenters. The molecule has 9 heteroatoms. The van der Waals surface area contributed by atoms with Gasteiger partial charge < -0.3 is 19.3 Å². The van der Waals surface area contributed by atoms with Crippen molar-refractivity contribution in [1.29, 1.82) is 0 Å². The number of carbonyl (C=O) groups is 2. The highest BCUT2D eigenvalue weighted by Gasteiger charge is 2.22. The van der Waals surface area contributed by atoms with Crippen LogP contribution in [0.1, 0.15) is 52.4 Å². The van der Waals surface area contributed by atoms with Gasteiger partial charge in [-0.3, -0.25) is 4.52 Å². The summed E-state index contributed by atoms with van der Waals surface area (Å²) in [5.41, 5.74) is 0. The van der Waals surface area contributed by atoms with E-state index < -0.39 is 25.9 Å². The van der Waals surface area contributed by atoms with Gasteiger partial charge in [0.2, 0.25) is 0 Å². The minimum atomic E-state index is -4.60. The summed E-state index contributed by atoms with van der Waals surface area (Å²) in [6, 6.07) is 0. The number of phosphoric ester groups is 1. The Labute approximate surface area is 154 Å². The molecule has 0 saturated heterocycles. The Morgan fingerprint density at radius 1 is 0.923 bits per heavy atom. The Bertz CT molecular complexity index is 479. The topological polar surface area (TPSA) is 119 Å². The van der Waals surface area contributed by atoms with E-state index in [9.17, 15) is 14.2 Å². The van der Waals surface area contributed by atoms with Crippen LogP contribution < -0.4 is 0 Å². The minimum Gasteiger partial charge on any atom is -0.460 e. The van der Waals surface area contributed by atoms with Gasteiger partial charge in [-0.2, -0.15) is 0 Å². The molecule has 0 aromatic rings. The normalized spacial score (nSPS) is 14.8. The maximum atomic E-state index is 11.1. The molecule has 150 valence electrons. The van der Waals surface area contributed by atoms with Crippen molar-refractivity contribution < 1.29 is 37.9 Å². The first-order chi connectivity index (χ1) is 12.1. The van der Waals surface area contributed by atoms with Crippen LogP contribution in [0.15, 0.2) is 25.3 Å². The molecule has 0 rings (SSSR count). The molecule has 0 aliphatic carbocycles. The summed E-state index contributed by atoms with van der Waals surface area (Å²) >= 11 is 0. The number of hydrogen-bond acceptors (Lipinski definition) is 6. The average Bonchev–Trinajstić information content (AvgIpc) is 2.52. The van der Waals surface area contributed by atoms with E-state index in [-0.39, 0.29) is 12.2 Å². The van der Waals surface area contributed by atoms with E-state index in [0.29, 0.717) is 38.5 Å². The number of phosphoric acid groups is 1. The van der Waals surface area contributed by atoms with Gasteiger partial charge in [-0.25, -0.2) is 14.2 Å². The fourth-order valence-corrected chi connectivity index (χ4v) is 2.92. The number of esters is 2. The molecule has 0 bridgehead atoms. The smallest absolute Gasteiger partial charge is 0.460 e. The molecular formula is C17H29O8P. The van der Waals surface area contributed by atoms with E-state index in [1.807, 2.05) is 0 Å². The molecule has 0 saturated carbocycles. The van der Waals surface area contributed by atoms with Crippen LogP contribution in [0.3, 0.4) is 0 Å². The van der Waals surface area contributed by atoms with Crippen molar-refractivity contribution in [3.05, 3.63) is 25.3 Å². The molecule has 0 fully saturated rings. The lowest BCUT2D eigenvalue weighted by atomic mass is 10.0. The number of hydrogen-bond donors (Lipinski definition) is 2. The minimum absolute atomic E-state index is 0.324. The van der Waals surface area contributed by atoms with Crippen LogP contribution in [0, 0.1) is 0 Å². The van der Waals surface area contributed by atoms with Crippen molar-refractivity contribution >= 4 is 19.8 Å². The van der Waals surface area contributed by atoms with Crippen LogP contribution in [-0.4, -0.2) is 40.0 Å². The molecule has 0 aliphatic rings. The number of carbonyl (C=O) groups excluding carboxylic acids is 2. The molecule has 26 heavy (non-hydrogen) atoms. The monoisotopic (exact) mass is 392 g/mol. The molecule has 0 amide bonds. The van der Waals surface area contributed by atoms with Crippen LogP contribution in [0.5, 0.6) is 0 Å². The summed E-state index contributed by atoms with van der Waals surface area (Å²) in [6.45, 7) is 10.1. The van der Waals surface area contributed by atoms with Gasteiger partial charge in [-0.05, 0) is 52.4 Å². The number of ether oxygens (including phenoxy) is 2. The van der Waals surface area contributed by atoms with E-state index in [0.717, 1.165) is 12.2 Å². The SMILES string of the molecule is C=CC(=O)OC(C)CCCC(CCCC(C)OC(=O)C=C)OP(=O)(O)O. The fourth-order valence-electron chi connectivity index (χ4n) is 2.32. The highest BCUT2D eigenvalue weighted by Crippen LogP contribution is 2.39. The molecule has 0 spiro atoms. The predicted molar refractivity (Wildman–Crippen MR) is 96.1 cm³/mol. The lowest BCUT2D eigenvalue weighted by molar-refractivity contribution is -0.143. The number of rotatable bonds is 14. The second kappa shape index (κ2) is 12.8. The van der Waals surface area contributed by atoms with E-state index >= 15 is 0 Å². The summed E-state index contributed by atoms with van der Waals surface area (Å²) in [4.78, 5) is 40.3. The Kier molecular flexibility index (Phi) is 12.1. The van der Waals surface area contributed by atoms with E-state index in [4.69, 9.17) is 23.8 Å². The molecule has 0 heterocycles. The maximum Gasteiger partial charge on any atom is 0.469 e. The fraction of sp³-hybridized carbons (Fsp3) is 0.647. The van der Waals surface area contributed by atoms with Gasteiger partial charge in [-0.15, -0.1) is 0 Å². The summed E-state index contributed by atoms with van der Waals surface area (Å²) in [6.07, 6.45) is 3.89. The van der Waals surface area contributed by atoms with Crippen molar-refractivity contribution in [1.82, 2.24) is 0 Å². The third-order valence-electron chi connectivity index (χ3n) is 3.53. The van der Waals surface area contributed by atoms with Crippen LogP contribution in [0.25, 0.3) is 0 Å². The second-order valence-electron chi connectivity index (χ2n) is 5.98. The van der Waals surface area contributed by atoms with Gasteiger partial charge in [-0.1, -0.05) is 13.2 Å². The van der Waals surface area contributed by atoms with Gasteiger partial charge in [0.25, 0.3) is 0 Å².